The number of carbonyl (C=O) groups is 1. The Morgan fingerprint density at radius 2 is 2.10 bits per heavy atom. The number of carbonyl (C=O) groups excluding carboxylic acids is 1. The standard InChI is InChI=1S/C16H12ClN3O/c17-12-4-2-1-3-11(12)16-18-9-10-5-6-14(21)19-13-7-8-20(16)15(10)13/h1-6,9H,7-8H2,(H,19,21). The minimum atomic E-state index is -0.0889. The molecule has 1 N–H and O–H groups in total. The van der Waals surface area contributed by atoms with Gasteiger partial charge < -0.3 is 10.2 Å². The Morgan fingerprint density at radius 1 is 1.24 bits per heavy atom. The molecule has 0 fully saturated rings. The van der Waals surface area contributed by atoms with E-state index in [0.717, 1.165) is 41.3 Å². The molecule has 0 saturated heterocycles. The highest BCUT2D eigenvalue weighted by molar-refractivity contribution is 6.34. The fourth-order valence-electron chi connectivity index (χ4n) is 2.88. The van der Waals surface area contributed by atoms with E-state index < -0.39 is 0 Å². The Morgan fingerprint density at radius 3 is 2.95 bits per heavy atom. The number of allylic oxidation sites excluding steroid dienone is 1. The molecule has 0 radical (unpaired) electrons. The van der Waals surface area contributed by atoms with Crippen molar-refractivity contribution in [1.82, 2.24) is 10.2 Å². The molecule has 21 heavy (non-hydrogen) atoms. The van der Waals surface area contributed by atoms with Crippen LogP contribution in [-0.4, -0.2) is 23.2 Å². The number of nitrogens with zero attached hydrogens (tertiary/aromatic N) is 2. The van der Waals surface area contributed by atoms with E-state index in [1.165, 1.54) is 0 Å². The molecule has 5 heteroatoms. The number of nitrogens with one attached hydrogen (secondary N) is 1. The maximum atomic E-state index is 11.7. The van der Waals surface area contributed by atoms with Crippen molar-refractivity contribution in [2.45, 2.75) is 6.42 Å². The van der Waals surface area contributed by atoms with Crippen LogP contribution in [0, 0.1) is 0 Å². The van der Waals surface area contributed by atoms with Crippen LogP contribution in [0.3, 0.4) is 0 Å². The molecule has 1 aromatic carbocycles. The molecule has 1 aromatic rings. The van der Waals surface area contributed by atoms with E-state index in [2.05, 4.69) is 15.2 Å². The van der Waals surface area contributed by atoms with E-state index in [0.29, 0.717) is 5.02 Å². The van der Waals surface area contributed by atoms with Gasteiger partial charge in [-0.25, -0.2) is 4.99 Å². The maximum absolute atomic E-state index is 11.7. The molecule has 3 heterocycles. The second-order valence-corrected chi connectivity index (χ2v) is 5.48. The van der Waals surface area contributed by atoms with Crippen molar-refractivity contribution < 1.29 is 4.79 Å². The number of halogens is 1. The average Bonchev–Trinajstić information content (AvgIpc) is 2.82. The molecule has 1 amide bonds. The monoisotopic (exact) mass is 297 g/mol. The molecule has 104 valence electrons. The second-order valence-electron chi connectivity index (χ2n) is 5.07. The summed E-state index contributed by atoms with van der Waals surface area (Å²) in [5.41, 5.74) is 3.84. The molecule has 0 aliphatic carbocycles. The van der Waals surface area contributed by atoms with Gasteiger partial charge in [-0.05, 0) is 18.2 Å². The van der Waals surface area contributed by atoms with Crippen molar-refractivity contribution in [3.63, 3.8) is 0 Å². The zero-order chi connectivity index (χ0) is 14.4. The number of amidine groups is 1. The van der Waals surface area contributed by atoms with Crippen molar-refractivity contribution in [3.8, 4) is 0 Å². The van der Waals surface area contributed by atoms with Crippen molar-refractivity contribution >= 4 is 23.3 Å². The number of benzene rings is 1. The van der Waals surface area contributed by atoms with Gasteiger partial charge in [0.2, 0.25) is 5.91 Å². The molecule has 0 atom stereocenters. The molecule has 0 aromatic heterocycles. The van der Waals surface area contributed by atoms with E-state index in [1.807, 2.05) is 30.3 Å². The summed E-state index contributed by atoms with van der Waals surface area (Å²) in [6, 6.07) is 7.67. The van der Waals surface area contributed by atoms with Gasteiger partial charge in [-0.2, -0.15) is 0 Å². The first-order valence-electron chi connectivity index (χ1n) is 6.77. The predicted molar refractivity (Wildman–Crippen MR) is 81.7 cm³/mol. The van der Waals surface area contributed by atoms with Gasteiger partial charge in [0.25, 0.3) is 0 Å². The third kappa shape index (κ3) is 1.91. The molecule has 0 spiro atoms. The van der Waals surface area contributed by atoms with Crippen LogP contribution in [0.15, 0.2) is 64.6 Å². The van der Waals surface area contributed by atoms with Crippen LogP contribution in [0.1, 0.15) is 12.0 Å². The van der Waals surface area contributed by atoms with E-state index in [1.54, 1.807) is 12.3 Å². The number of rotatable bonds is 1. The molecule has 0 saturated carbocycles. The molecule has 3 aliphatic rings. The average molecular weight is 298 g/mol. The van der Waals surface area contributed by atoms with Crippen molar-refractivity contribution in [2.24, 2.45) is 4.99 Å². The summed E-state index contributed by atoms with van der Waals surface area (Å²) in [5, 5.41) is 3.62. The first kappa shape index (κ1) is 12.4. The second kappa shape index (κ2) is 4.60. The topological polar surface area (TPSA) is 44.7 Å². The molecule has 0 bridgehead atoms. The lowest BCUT2D eigenvalue weighted by Crippen LogP contribution is -2.31. The van der Waals surface area contributed by atoms with E-state index in [4.69, 9.17) is 11.6 Å². The van der Waals surface area contributed by atoms with E-state index >= 15 is 0 Å². The maximum Gasteiger partial charge on any atom is 0.248 e. The number of hydrogen-bond donors (Lipinski definition) is 1. The lowest BCUT2D eigenvalue weighted by atomic mass is 10.1. The van der Waals surface area contributed by atoms with Crippen LogP contribution in [0.4, 0.5) is 0 Å². The Labute approximate surface area is 127 Å². The fraction of sp³-hybridized carbons (Fsp3) is 0.125. The lowest BCUT2D eigenvalue weighted by molar-refractivity contribution is -0.115. The van der Waals surface area contributed by atoms with Gasteiger partial charge in [-0.1, -0.05) is 23.7 Å². The summed E-state index contributed by atoms with van der Waals surface area (Å²) in [6.45, 7) is 0.792. The quantitative estimate of drug-likeness (QED) is 0.866. The van der Waals surface area contributed by atoms with E-state index in [9.17, 15) is 4.79 Å². The zero-order valence-electron chi connectivity index (χ0n) is 11.1. The highest BCUT2D eigenvalue weighted by atomic mass is 35.5. The molecule has 4 rings (SSSR count). The number of aliphatic imine (C=N–C) groups is 1. The van der Waals surface area contributed by atoms with Gasteiger partial charge in [0.05, 0.1) is 10.7 Å². The van der Waals surface area contributed by atoms with Crippen LogP contribution in [-0.2, 0) is 4.79 Å². The molecular weight excluding hydrogens is 286 g/mol. The predicted octanol–water partition coefficient (Wildman–Crippen LogP) is 2.59. The Hall–Kier alpha value is -2.33. The van der Waals surface area contributed by atoms with Crippen LogP contribution in [0.25, 0.3) is 0 Å². The Kier molecular flexibility index (Phi) is 2.72. The minimum Gasteiger partial charge on any atom is -0.324 e. The van der Waals surface area contributed by atoms with Gasteiger partial charge in [0.1, 0.15) is 5.84 Å². The highest BCUT2D eigenvalue weighted by Gasteiger charge is 2.33. The highest BCUT2D eigenvalue weighted by Crippen LogP contribution is 2.35. The number of amides is 1. The van der Waals surface area contributed by atoms with Gasteiger partial charge >= 0.3 is 0 Å². The van der Waals surface area contributed by atoms with Crippen molar-refractivity contribution in [3.05, 3.63) is 70.2 Å². The first-order chi connectivity index (χ1) is 10.2. The van der Waals surface area contributed by atoms with Crippen LogP contribution >= 0.6 is 11.6 Å². The van der Waals surface area contributed by atoms with Crippen molar-refractivity contribution in [1.29, 1.82) is 0 Å². The van der Waals surface area contributed by atoms with Crippen LogP contribution in [0.5, 0.6) is 0 Å². The summed E-state index contributed by atoms with van der Waals surface area (Å²) in [5.74, 6) is 0.743. The summed E-state index contributed by atoms with van der Waals surface area (Å²) in [4.78, 5) is 18.4. The normalized spacial score (nSPS) is 19.9. The SMILES string of the molecule is O=C1C=CC2=CN=C(c3ccccc3Cl)N3CCC(=C23)N1. The third-order valence-corrected chi connectivity index (χ3v) is 4.13. The van der Waals surface area contributed by atoms with Gasteiger partial charge in [-0.3, -0.25) is 4.79 Å². The summed E-state index contributed by atoms with van der Waals surface area (Å²) in [6.07, 6.45) is 5.94. The van der Waals surface area contributed by atoms with Gasteiger partial charge in [0.15, 0.2) is 0 Å². The fourth-order valence-corrected chi connectivity index (χ4v) is 3.10. The number of hydrogen-bond acceptors (Lipinski definition) is 3. The first-order valence-corrected chi connectivity index (χ1v) is 7.15. The third-order valence-electron chi connectivity index (χ3n) is 3.80. The molecule has 4 nitrogen and oxygen atoms in total. The summed E-state index contributed by atoms with van der Waals surface area (Å²) >= 11 is 6.30. The van der Waals surface area contributed by atoms with Crippen molar-refractivity contribution in [2.75, 3.05) is 6.54 Å². The summed E-state index contributed by atoms with van der Waals surface area (Å²) in [7, 11) is 0. The largest absolute Gasteiger partial charge is 0.324 e. The smallest absolute Gasteiger partial charge is 0.248 e. The molecular formula is C16H12ClN3O. The lowest BCUT2D eigenvalue weighted by Gasteiger charge is -2.28. The van der Waals surface area contributed by atoms with Crippen LogP contribution in [0.2, 0.25) is 5.02 Å². The zero-order valence-corrected chi connectivity index (χ0v) is 11.9. The molecule has 0 unspecified atom stereocenters. The minimum absolute atomic E-state index is 0.0889. The van der Waals surface area contributed by atoms with Gasteiger partial charge in [0, 0.05) is 42.1 Å². The Balaban J connectivity index is 1.87. The summed E-state index contributed by atoms with van der Waals surface area (Å²) < 4.78 is 0. The molecule has 3 aliphatic heterocycles. The Bertz CT molecular complexity index is 773. The van der Waals surface area contributed by atoms with Crippen LogP contribution < -0.4 is 5.32 Å². The van der Waals surface area contributed by atoms with Gasteiger partial charge in [-0.15, -0.1) is 0 Å². The van der Waals surface area contributed by atoms with E-state index in [-0.39, 0.29) is 5.91 Å².